The van der Waals surface area contributed by atoms with Gasteiger partial charge >= 0.3 is 0 Å². The molecule has 5 fully saturated rings. The monoisotopic (exact) mass is 446 g/mol. The average molecular weight is 447 g/mol. The second kappa shape index (κ2) is 8.52. The Morgan fingerprint density at radius 3 is 2.38 bits per heavy atom. The SMILES string of the molecule is CC(C)CCC[C@@H](C)[C@H]1CC[C@H]2[C@@H]3CC4(OCCO4)[C@H]4CCC[C@H](O)[C@]4(C)[C@H]3CC[C@]12C. The zero-order valence-electron chi connectivity index (χ0n) is 21.6. The number of aliphatic hydroxyl groups is 1. The number of aliphatic hydroxyl groups excluding tert-OH is 1. The standard InChI is InChI=1S/C29H50O3/c1-19(2)8-6-9-20(3)22-12-13-23-21-18-29(31-16-17-32-29)25-10-7-11-26(30)28(25,5)24(21)14-15-27(22,23)4/h19-26,30H,6-18H2,1-5H3/t20-,21+,22-,23+,24+,25+,26+,27-,28-/m1/s1. The van der Waals surface area contributed by atoms with E-state index in [0.29, 0.717) is 23.2 Å². The van der Waals surface area contributed by atoms with E-state index in [4.69, 9.17) is 9.47 Å². The summed E-state index contributed by atoms with van der Waals surface area (Å²) in [5.74, 6) is 4.52. The minimum Gasteiger partial charge on any atom is -0.393 e. The Morgan fingerprint density at radius 2 is 1.66 bits per heavy atom. The second-order valence-corrected chi connectivity index (χ2v) is 13.5. The summed E-state index contributed by atoms with van der Waals surface area (Å²) >= 11 is 0. The van der Waals surface area contributed by atoms with Crippen LogP contribution in [0.15, 0.2) is 0 Å². The predicted octanol–water partition coefficient (Wildman–Crippen LogP) is 6.82. The molecule has 0 bridgehead atoms. The number of hydrogen-bond acceptors (Lipinski definition) is 3. The molecule has 0 amide bonds. The summed E-state index contributed by atoms with van der Waals surface area (Å²) in [7, 11) is 0. The molecule has 0 unspecified atom stereocenters. The van der Waals surface area contributed by atoms with Gasteiger partial charge in [0, 0.05) is 17.8 Å². The summed E-state index contributed by atoms with van der Waals surface area (Å²) in [4.78, 5) is 0. The van der Waals surface area contributed by atoms with E-state index in [9.17, 15) is 5.11 Å². The summed E-state index contributed by atoms with van der Waals surface area (Å²) in [5, 5.41) is 11.4. The Morgan fingerprint density at radius 1 is 0.906 bits per heavy atom. The molecule has 1 spiro atoms. The van der Waals surface area contributed by atoms with Gasteiger partial charge in [0.15, 0.2) is 5.79 Å². The highest BCUT2D eigenvalue weighted by molar-refractivity contribution is 5.15. The molecule has 0 radical (unpaired) electrons. The van der Waals surface area contributed by atoms with Gasteiger partial charge in [-0.15, -0.1) is 0 Å². The van der Waals surface area contributed by atoms with E-state index >= 15 is 0 Å². The average Bonchev–Trinajstić information content (AvgIpc) is 3.34. The fourth-order valence-corrected chi connectivity index (χ4v) is 10.2. The number of hydrogen-bond donors (Lipinski definition) is 1. The van der Waals surface area contributed by atoms with Gasteiger partial charge < -0.3 is 14.6 Å². The van der Waals surface area contributed by atoms with Crippen molar-refractivity contribution in [3.8, 4) is 0 Å². The van der Waals surface area contributed by atoms with Crippen LogP contribution in [0, 0.1) is 52.3 Å². The first kappa shape index (κ1) is 23.6. The zero-order valence-corrected chi connectivity index (χ0v) is 21.6. The highest BCUT2D eigenvalue weighted by Gasteiger charge is 2.69. The summed E-state index contributed by atoms with van der Waals surface area (Å²) in [5.41, 5.74) is 0.412. The quantitative estimate of drug-likeness (QED) is 0.503. The van der Waals surface area contributed by atoms with Crippen LogP contribution < -0.4 is 0 Å². The van der Waals surface area contributed by atoms with Crippen molar-refractivity contribution in [2.75, 3.05) is 13.2 Å². The molecule has 1 aliphatic heterocycles. The van der Waals surface area contributed by atoms with Crippen molar-refractivity contribution in [2.45, 2.75) is 117 Å². The third-order valence-electron chi connectivity index (χ3n) is 11.7. The molecule has 1 N–H and O–H groups in total. The van der Waals surface area contributed by atoms with Crippen molar-refractivity contribution in [3.63, 3.8) is 0 Å². The molecule has 32 heavy (non-hydrogen) atoms. The second-order valence-electron chi connectivity index (χ2n) is 13.5. The van der Waals surface area contributed by atoms with Crippen LogP contribution in [0.3, 0.4) is 0 Å². The van der Waals surface area contributed by atoms with Crippen molar-refractivity contribution in [2.24, 2.45) is 52.3 Å². The normalized spacial score (nSPS) is 48.5. The molecule has 4 aliphatic carbocycles. The molecular formula is C29H50O3. The lowest BCUT2D eigenvalue weighted by molar-refractivity contribution is -0.308. The smallest absolute Gasteiger partial charge is 0.172 e. The molecule has 0 aromatic heterocycles. The molecule has 1 saturated heterocycles. The molecule has 5 aliphatic rings. The minimum absolute atomic E-state index is 0.0478. The molecule has 3 nitrogen and oxygen atoms in total. The Bertz CT molecular complexity index is 669. The van der Waals surface area contributed by atoms with E-state index in [1.807, 2.05) is 0 Å². The van der Waals surface area contributed by atoms with Crippen LogP contribution in [0.25, 0.3) is 0 Å². The molecule has 0 aromatic carbocycles. The van der Waals surface area contributed by atoms with E-state index in [2.05, 4.69) is 34.6 Å². The van der Waals surface area contributed by atoms with Gasteiger partial charge in [-0.1, -0.05) is 60.3 Å². The first-order valence-electron chi connectivity index (χ1n) is 14.2. The predicted molar refractivity (Wildman–Crippen MR) is 129 cm³/mol. The van der Waals surface area contributed by atoms with E-state index < -0.39 is 5.79 Å². The van der Waals surface area contributed by atoms with Crippen LogP contribution in [-0.2, 0) is 9.47 Å². The van der Waals surface area contributed by atoms with E-state index in [-0.39, 0.29) is 11.5 Å². The number of fused-ring (bicyclic) bond motifs is 6. The van der Waals surface area contributed by atoms with Gasteiger partial charge in [-0.25, -0.2) is 0 Å². The maximum Gasteiger partial charge on any atom is 0.172 e. The van der Waals surface area contributed by atoms with E-state index in [1.165, 1.54) is 44.9 Å². The van der Waals surface area contributed by atoms with Crippen molar-refractivity contribution >= 4 is 0 Å². The van der Waals surface area contributed by atoms with Crippen LogP contribution in [0.2, 0.25) is 0 Å². The third kappa shape index (κ3) is 3.46. The minimum atomic E-state index is -0.420. The molecule has 4 saturated carbocycles. The van der Waals surface area contributed by atoms with Gasteiger partial charge in [-0.3, -0.25) is 0 Å². The van der Waals surface area contributed by atoms with Gasteiger partial charge in [-0.2, -0.15) is 0 Å². The van der Waals surface area contributed by atoms with Gasteiger partial charge in [0.2, 0.25) is 0 Å². The van der Waals surface area contributed by atoms with Crippen LogP contribution in [0.1, 0.15) is 105 Å². The van der Waals surface area contributed by atoms with Gasteiger partial charge in [0.05, 0.1) is 19.3 Å². The molecule has 184 valence electrons. The van der Waals surface area contributed by atoms with Gasteiger partial charge in [-0.05, 0) is 79.4 Å². The number of ether oxygens (including phenoxy) is 2. The summed E-state index contributed by atoms with van der Waals surface area (Å²) < 4.78 is 13.0. The maximum absolute atomic E-state index is 11.4. The van der Waals surface area contributed by atoms with Crippen molar-refractivity contribution in [1.82, 2.24) is 0 Å². The first-order chi connectivity index (χ1) is 15.2. The van der Waals surface area contributed by atoms with Gasteiger partial charge in [0.25, 0.3) is 0 Å². The van der Waals surface area contributed by atoms with Crippen LogP contribution in [0.4, 0.5) is 0 Å². The summed E-state index contributed by atoms with van der Waals surface area (Å²) in [6.45, 7) is 13.8. The van der Waals surface area contributed by atoms with Gasteiger partial charge in [0.1, 0.15) is 0 Å². The fraction of sp³-hybridized carbons (Fsp3) is 1.00. The summed E-state index contributed by atoms with van der Waals surface area (Å²) in [6.07, 6.45) is 13.7. The molecular weight excluding hydrogens is 396 g/mol. The fourth-order valence-electron chi connectivity index (χ4n) is 10.2. The Labute approximate surface area is 197 Å². The molecule has 0 aromatic rings. The molecule has 5 rings (SSSR count). The highest BCUT2D eigenvalue weighted by atomic mass is 16.7. The lowest BCUT2D eigenvalue weighted by atomic mass is 9.42. The first-order valence-corrected chi connectivity index (χ1v) is 14.2. The Balaban J connectivity index is 1.41. The Hall–Kier alpha value is -0.120. The zero-order chi connectivity index (χ0) is 22.7. The van der Waals surface area contributed by atoms with Crippen LogP contribution >= 0.6 is 0 Å². The van der Waals surface area contributed by atoms with E-state index in [0.717, 1.165) is 62.6 Å². The largest absolute Gasteiger partial charge is 0.393 e. The lowest BCUT2D eigenvalue weighted by Crippen LogP contribution is -2.66. The van der Waals surface area contributed by atoms with Crippen LogP contribution in [0.5, 0.6) is 0 Å². The molecule has 1 heterocycles. The Kier molecular flexibility index (Phi) is 6.29. The van der Waals surface area contributed by atoms with E-state index in [1.54, 1.807) is 0 Å². The van der Waals surface area contributed by atoms with Crippen molar-refractivity contribution in [1.29, 1.82) is 0 Å². The highest BCUT2D eigenvalue weighted by Crippen LogP contribution is 2.70. The summed E-state index contributed by atoms with van der Waals surface area (Å²) in [6, 6.07) is 0. The molecule has 3 heteroatoms. The van der Waals surface area contributed by atoms with Crippen molar-refractivity contribution < 1.29 is 14.6 Å². The lowest BCUT2D eigenvalue weighted by Gasteiger charge is -2.65. The van der Waals surface area contributed by atoms with Crippen molar-refractivity contribution in [3.05, 3.63) is 0 Å². The number of rotatable bonds is 5. The topological polar surface area (TPSA) is 38.7 Å². The third-order valence-corrected chi connectivity index (χ3v) is 11.7. The molecule has 9 atom stereocenters. The van der Waals surface area contributed by atoms with Crippen LogP contribution in [-0.4, -0.2) is 30.2 Å². The maximum atomic E-state index is 11.4.